The van der Waals surface area contributed by atoms with E-state index in [0.717, 1.165) is 5.56 Å². The summed E-state index contributed by atoms with van der Waals surface area (Å²) in [7, 11) is 0. The molecule has 1 amide bonds. The van der Waals surface area contributed by atoms with Crippen LogP contribution in [0, 0.1) is 11.8 Å². The summed E-state index contributed by atoms with van der Waals surface area (Å²) in [6.45, 7) is 5.81. The average molecular weight is 476 g/mol. The molecule has 0 fully saturated rings. The van der Waals surface area contributed by atoms with Crippen molar-refractivity contribution in [3.8, 4) is 28.8 Å². The molecule has 0 saturated heterocycles. The largest absolute Gasteiger partial charge is 0.346 e. The first kappa shape index (κ1) is 23.2. The highest BCUT2D eigenvalue weighted by molar-refractivity contribution is 6.35. The van der Waals surface area contributed by atoms with Gasteiger partial charge in [-0.3, -0.25) is 4.79 Å². The van der Waals surface area contributed by atoms with Crippen LogP contribution in [0.2, 0.25) is 15.1 Å². The summed E-state index contributed by atoms with van der Waals surface area (Å²) in [6.07, 6.45) is 0. The predicted molar refractivity (Wildman–Crippen MR) is 127 cm³/mol. The SMILES string of the molecule is CC(C)(C)NC(=O)c1nn(-c2ccc(Cl)cc2Cl)c(-c2ccc(Cl)cc2)c1C#CCN. The molecule has 1 heterocycles. The van der Waals surface area contributed by atoms with Gasteiger partial charge in [0, 0.05) is 21.1 Å². The molecule has 2 aromatic carbocycles. The van der Waals surface area contributed by atoms with E-state index in [1.54, 1.807) is 35.0 Å². The number of amides is 1. The number of halogens is 3. The maximum Gasteiger partial charge on any atom is 0.273 e. The molecule has 3 aromatic rings. The van der Waals surface area contributed by atoms with Gasteiger partial charge in [0.05, 0.1) is 28.5 Å². The Morgan fingerprint density at radius 2 is 1.74 bits per heavy atom. The number of rotatable bonds is 3. The highest BCUT2D eigenvalue weighted by Gasteiger charge is 2.27. The number of nitrogens with two attached hydrogens (primary N) is 1. The zero-order valence-corrected chi connectivity index (χ0v) is 19.5. The third-order valence-electron chi connectivity index (χ3n) is 4.16. The number of benzene rings is 2. The summed E-state index contributed by atoms with van der Waals surface area (Å²) in [6, 6.07) is 12.2. The molecule has 3 rings (SSSR count). The molecule has 0 aliphatic carbocycles. The van der Waals surface area contributed by atoms with Crippen molar-refractivity contribution in [3.63, 3.8) is 0 Å². The first-order valence-corrected chi connectivity index (χ1v) is 10.6. The van der Waals surface area contributed by atoms with E-state index in [1.807, 2.05) is 32.9 Å². The predicted octanol–water partition coefficient (Wildman–Crippen LogP) is 5.34. The molecule has 0 bridgehead atoms. The van der Waals surface area contributed by atoms with Gasteiger partial charge in [0.2, 0.25) is 0 Å². The van der Waals surface area contributed by atoms with Gasteiger partial charge in [-0.2, -0.15) is 5.10 Å². The smallest absolute Gasteiger partial charge is 0.273 e. The Hall–Kier alpha value is -2.49. The van der Waals surface area contributed by atoms with Crippen molar-refractivity contribution in [2.75, 3.05) is 6.54 Å². The van der Waals surface area contributed by atoms with E-state index in [0.29, 0.717) is 32.0 Å². The van der Waals surface area contributed by atoms with Crippen molar-refractivity contribution in [2.45, 2.75) is 26.3 Å². The topological polar surface area (TPSA) is 72.9 Å². The third kappa shape index (κ3) is 5.41. The van der Waals surface area contributed by atoms with Gasteiger partial charge in [0.15, 0.2) is 5.69 Å². The van der Waals surface area contributed by atoms with E-state index >= 15 is 0 Å². The molecule has 3 N–H and O–H groups in total. The summed E-state index contributed by atoms with van der Waals surface area (Å²) < 4.78 is 1.60. The van der Waals surface area contributed by atoms with Crippen LogP contribution in [0.15, 0.2) is 42.5 Å². The molecule has 1 aromatic heterocycles. The standard InChI is InChI=1S/C23H21Cl3N4O/c1-23(2,3)28-22(31)20-17(5-4-12-27)21(14-6-8-15(24)9-7-14)30(29-20)19-11-10-16(25)13-18(19)26/h6-11,13H,12,27H2,1-3H3,(H,28,31). The number of nitrogens with zero attached hydrogens (tertiary/aromatic N) is 2. The van der Waals surface area contributed by atoms with Crippen LogP contribution in [0.1, 0.15) is 36.8 Å². The second-order valence-corrected chi connectivity index (χ2v) is 9.08. The zero-order valence-electron chi connectivity index (χ0n) is 17.3. The third-order valence-corrected chi connectivity index (χ3v) is 4.95. The molecule has 5 nitrogen and oxygen atoms in total. The number of carbonyl (C=O) groups is 1. The molecular formula is C23H21Cl3N4O. The second kappa shape index (κ2) is 9.33. The molecule has 8 heteroatoms. The summed E-state index contributed by atoms with van der Waals surface area (Å²) in [5.41, 5.74) is 7.69. The molecular weight excluding hydrogens is 455 g/mol. The van der Waals surface area contributed by atoms with Gasteiger partial charge in [-0.15, -0.1) is 0 Å². The van der Waals surface area contributed by atoms with Crippen molar-refractivity contribution in [2.24, 2.45) is 5.73 Å². The normalized spacial score (nSPS) is 11.1. The van der Waals surface area contributed by atoms with E-state index in [2.05, 4.69) is 22.3 Å². The van der Waals surface area contributed by atoms with Gasteiger partial charge in [-0.25, -0.2) is 4.68 Å². The minimum absolute atomic E-state index is 0.132. The fraction of sp³-hybridized carbons (Fsp3) is 0.217. The number of hydrogen-bond donors (Lipinski definition) is 2. The lowest BCUT2D eigenvalue weighted by Crippen LogP contribution is -2.41. The highest BCUT2D eigenvalue weighted by atomic mass is 35.5. The molecule has 0 aliphatic rings. The Morgan fingerprint density at radius 1 is 1.10 bits per heavy atom. The quantitative estimate of drug-likeness (QED) is 0.502. The van der Waals surface area contributed by atoms with Gasteiger partial charge in [0.1, 0.15) is 0 Å². The molecule has 31 heavy (non-hydrogen) atoms. The maximum atomic E-state index is 13.1. The van der Waals surface area contributed by atoms with Gasteiger partial charge in [-0.1, -0.05) is 58.8 Å². The lowest BCUT2D eigenvalue weighted by atomic mass is 10.0. The summed E-state index contributed by atoms with van der Waals surface area (Å²) in [5, 5.41) is 9.00. The van der Waals surface area contributed by atoms with E-state index in [1.165, 1.54) is 0 Å². The van der Waals surface area contributed by atoms with Gasteiger partial charge >= 0.3 is 0 Å². The highest BCUT2D eigenvalue weighted by Crippen LogP contribution is 2.33. The van der Waals surface area contributed by atoms with Crippen LogP contribution in [0.5, 0.6) is 0 Å². The Kier molecular flexibility index (Phi) is 6.98. The van der Waals surface area contributed by atoms with Crippen molar-refractivity contribution in [3.05, 3.63) is 68.8 Å². The Labute approximate surface area is 196 Å². The van der Waals surface area contributed by atoms with Crippen LogP contribution in [0.25, 0.3) is 16.9 Å². The van der Waals surface area contributed by atoms with E-state index in [4.69, 9.17) is 40.5 Å². The number of aromatic nitrogens is 2. The molecule has 0 spiro atoms. The Balaban J connectivity index is 2.35. The molecule has 160 valence electrons. The van der Waals surface area contributed by atoms with E-state index in [-0.39, 0.29) is 18.1 Å². The van der Waals surface area contributed by atoms with Crippen LogP contribution in [-0.2, 0) is 0 Å². The van der Waals surface area contributed by atoms with Crippen LogP contribution in [-0.4, -0.2) is 27.8 Å². The summed E-state index contributed by atoms with van der Waals surface area (Å²) >= 11 is 18.6. The van der Waals surface area contributed by atoms with Crippen molar-refractivity contribution < 1.29 is 4.79 Å². The summed E-state index contributed by atoms with van der Waals surface area (Å²) in [5.74, 6) is 5.50. The Morgan fingerprint density at radius 3 is 2.32 bits per heavy atom. The average Bonchev–Trinajstić information content (AvgIpc) is 3.05. The van der Waals surface area contributed by atoms with Crippen LogP contribution < -0.4 is 11.1 Å². The first-order chi connectivity index (χ1) is 14.6. The monoisotopic (exact) mass is 474 g/mol. The molecule has 0 aliphatic heterocycles. The minimum atomic E-state index is -0.461. The molecule has 0 saturated carbocycles. The van der Waals surface area contributed by atoms with Crippen LogP contribution >= 0.6 is 34.8 Å². The maximum absolute atomic E-state index is 13.1. The van der Waals surface area contributed by atoms with Crippen LogP contribution in [0.3, 0.4) is 0 Å². The van der Waals surface area contributed by atoms with Crippen molar-refractivity contribution in [1.82, 2.24) is 15.1 Å². The van der Waals surface area contributed by atoms with E-state index in [9.17, 15) is 4.79 Å². The molecule has 0 radical (unpaired) electrons. The summed E-state index contributed by atoms with van der Waals surface area (Å²) in [4.78, 5) is 13.1. The van der Waals surface area contributed by atoms with Crippen molar-refractivity contribution >= 4 is 40.7 Å². The van der Waals surface area contributed by atoms with E-state index < -0.39 is 5.54 Å². The molecule has 0 unspecified atom stereocenters. The number of hydrogen-bond acceptors (Lipinski definition) is 3. The van der Waals surface area contributed by atoms with Gasteiger partial charge < -0.3 is 11.1 Å². The number of nitrogens with one attached hydrogen (secondary N) is 1. The molecule has 0 atom stereocenters. The van der Waals surface area contributed by atoms with Gasteiger partial charge in [-0.05, 0) is 51.1 Å². The minimum Gasteiger partial charge on any atom is -0.346 e. The van der Waals surface area contributed by atoms with Gasteiger partial charge in [0.25, 0.3) is 5.91 Å². The lowest BCUT2D eigenvalue weighted by Gasteiger charge is -2.19. The lowest BCUT2D eigenvalue weighted by molar-refractivity contribution is 0.0913. The fourth-order valence-electron chi connectivity index (χ4n) is 2.94. The first-order valence-electron chi connectivity index (χ1n) is 9.46. The Bertz CT molecular complexity index is 1180. The van der Waals surface area contributed by atoms with Crippen LogP contribution in [0.4, 0.5) is 0 Å². The second-order valence-electron chi connectivity index (χ2n) is 7.80. The number of carbonyl (C=O) groups excluding carboxylic acids is 1. The fourth-order valence-corrected chi connectivity index (χ4v) is 3.55. The zero-order chi connectivity index (χ0) is 22.8. The van der Waals surface area contributed by atoms with Crippen molar-refractivity contribution in [1.29, 1.82) is 0 Å².